The van der Waals surface area contributed by atoms with E-state index in [2.05, 4.69) is 0 Å². The largest absolute Gasteiger partial charge is 0.364 e. The van der Waals surface area contributed by atoms with E-state index in [0.29, 0.717) is 12.1 Å². The molecule has 0 bridgehead atoms. The van der Waals surface area contributed by atoms with Crippen LogP contribution in [0.5, 0.6) is 0 Å². The summed E-state index contributed by atoms with van der Waals surface area (Å²) in [5.74, 6) is -2.57. The molecule has 1 saturated heterocycles. The maximum atomic E-state index is 11.3. The van der Waals surface area contributed by atoms with Crippen molar-refractivity contribution in [1.82, 2.24) is 0 Å². The third-order valence-electron chi connectivity index (χ3n) is 3.53. The minimum atomic E-state index is -2.57. The minimum absolute atomic E-state index is 0.108. The lowest BCUT2D eigenvalue weighted by Crippen LogP contribution is -2.82. The third kappa shape index (κ3) is 3.04. The molecule has 1 heterocycles. The Morgan fingerprint density at radius 1 is 1.20 bits per heavy atom. The van der Waals surface area contributed by atoms with Crippen molar-refractivity contribution >= 4 is 0 Å². The van der Waals surface area contributed by atoms with E-state index in [-0.39, 0.29) is 5.56 Å². The molecule has 1 aliphatic rings. The Hall–Kier alpha value is -1.76. The van der Waals surface area contributed by atoms with Crippen molar-refractivity contribution in [3.05, 3.63) is 57.4 Å². The number of quaternary nitrogens is 1. The highest BCUT2D eigenvalue weighted by molar-refractivity contribution is 5.27. The van der Waals surface area contributed by atoms with E-state index in [1.54, 1.807) is 23.5 Å². The van der Waals surface area contributed by atoms with Crippen molar-refractivity contribution in [1.29, 1.82) is 0 Å². The number of hydrogen-bond acceptors (Lipinski definition) is 4. The predicted octanol–water partition coefficient (Wildman–Crippen LogP) is 0.450. The Labute approximate surface area is 116 Å². The quantitative estimate of drug-likeness (QED) is 0.425. The Morgan fingerprint density at radius 3 is 2.55 bits per heavy atom. The molecule has 0 saturated carbocycles. The SMILES string of the molecule is O=[N+]([O-])/C(=C1/CCCCC[NH2+]1)C(O)(O)c1ccccc1. The first kappa shape index (κ1) is 14.6. The normalized spacial score (nSPS) is 19.3. The number of nitrogens with two attached hydrogens (primary N) is 1. The molecule has 0 amide bonds. The number of nitrogens with zero attached hydrogens (tertiary/aromatic N) is 1. The molecule has 1 fully saturated rings. The molecule has 0 aromatic heterocycles. The average molecular weight is 279 g/mol. The maximum absolute atomic E-state index is 11.3. The highest BCUT2D eigenvalue weighted by Crippen LogP contribution is 2.29. The Balaban J connectivity index is 2.47. The van der Waals surface area contributed by atoms with Crippen LogP contribution in [0, 0.1) is 10.1 Å². The van der Waals surface area contributed by atoms with Gasteiger partial charge in [-0.15, -0.1) is 0 Å². The first-order chi connectivity index (χ1) is 9.53. The fraction of sp³-hybridized carbons (Fsp3) is 0.429. The van der Waals surface area contributed by atoms with E-state index in [1.165, 1.54) is 12.1 Å². The standard InChI is InChI=1S/C14H18N2O4/c17-14(18,11-7-3-1-4-8-11)13(16(19)20)12-9-5-2-6-10-15-12/h1,3-4,7-8,15,17-18H,2,5-6,9-10H2/p+1/b13-12-. The summed E-state index contributed by atoms with van der Waals surface area (Å²) >= 11 is 0. The molecule has 1 aliphatic heterocycles. The smallest absolute Gasteiger partial charge is 0.353 e. The molecular formula is C14H19N2O4+. The summed E-state index contributed by atoms with van der Waals surface area (Å²) in [6.45, 7) is 0.734. The highest BCUT2D eigenvalue weighted by Gasteiger charge is 2.45. The van der Waals surface area contributed by atoms with Crippen LogP contribution in [-0.2, 0) is 5.79 Å². The summed E-state index contributed by atoms with van der Waals surface area (Å²) in [4.78, 5) is 10.7. The van der Waals surface area contributed by atoms with Gasteiger partial charge in [-0.3, -0.25) is 10.1 Å². The molecule has 6 heteroatoms. The molecule has 2 rings (SSSR count). The highest BCUT2D eigenvalue weighted by atomic mass is 16.6. The van der Waals surface area contributed by atoms with Crippen molar-refractivity contribution in [2.75, 3.05) is 6.54 Å². The Bertz CT molecular complexity index is 501. The Morgan fingerprint density at radius 2 is 1.90 bits per heavy atom. The van der Waals surface area contributed by atoms with E-state index in [4.69, 9.17) is 0 Å². The molecule has 6 nitrogen and oxygen atoms in total. The number of nitro groups is 1. The van der Waals surface area contributed by atoms with Crippen LogP contribution in [0.2, 0.25) is 0 Å². The second-order valence-corrected chi connectivity index (χ2v) is 4.97. The van der Waals surface area contributed by atoms with Gasteiger partial charge in [-0.2, -0.15) is 0 Å². The molecule has 0 aliphatic carbocycles. The van der Waals surface area contributed by atoms with Gasteiger partial charge in [0.15, 0.2) is 5.70 Å². The van der Waals surface area contributed by atoms with E-state index in [1.807, 2.05) is 0 Å². The molecule has 4 N–H and O–H groups in total. The van der Waals surface area contributed by atoms with Gasteiger partial charge in [-0.1, -0.05) is 30.3 Å². The van der Waals surface area contributed by atoms with Crippen LogP contribution in [0.1, 0.15) is 31.2 Å². The molecule has 0 radical (unpaired) electrons. The molecule has 0 spiro atoms. The summed E-state index contributed by atoms with van der Waals surface area (Å²) in [7, 11) is 0. The van der Waals surface area contributed by atoms with Crippen molar-refractivity contribution in [3.8, 4) is 0 Å². The van der Waals surface area contributed by atoms with Gasteiger partial charge in [0.05, 0.1) is 11.5 Å². The summed E-state index contributed by atoms with van der Waals surface area (Å²) in [6, 6.07) is 7.91. The van der Waals surface area contributed by atoms with Crippen molar-refractivity contribution in [2.24, 2.45) is 0 Å². The van der Waals surface area contributed by atoms with Gasteiger partial charge >= 0.3 is 5.70 Å². The van der Waals surface area contributed by atoms with Crippen LogP contribution < -0.4 is 5.32 Å². The first-order valence-electron chi connectivity index (χ1n) is 6.75. The zero-order valence-electron chi connectivity index (χ0n) is 11.2. The molecular weight excluding hydrogens is 260 g/mol. The second-order valence-electron chi connectivity index (χ2n) is 4.97. The summed E-state index contributed by atoms with van der Waals surface area (Å²) in [6.07, 6.45) is 3.31. The number of aliphatic hydroxyl groups is 2. The molecule has 1 aromatic carbocycles. The number of allylic oxidation sites excluding steroid dienone is 1. The maximum Gasteiger partial charge on any atom is 0.364 e. The van der Waals surface area contributed by atoms with Crippen LogP contribution in [-0.4, -0.2) is 21.7 Å². The summed E-state index contributed by atoms with van der Waals surface area (Å²) in [5.41, 5.74) is 0.0174. The number of hydrogen-bond donors (Lipinski definition) is 3. The van der Waals surface area contributed by atoms with Crippen molar-refractivity contribution < 1.29 is 20.5 Å². The lowest BCUT2D eigenvalue weighted by molar-refractivity contribution is -0.620. The van der Waals surface area contributed by atoms with E-state index >= 15 is 0 Å². The van der Waals surface area contributed by atoms with Crippen LogP contribution in [0.4, 0.5) is 0 Å². The molecule has 0 unspecified atom stereocenters. The topological polar surface area (TPSA) is 100 Å². The Kier molecular flexibility index (Phi) is 4.49. The van der Waals surface area contributed by atoms with Crippen LogP contribution in [0.3, 0.4) is 0 Å². The first-order valence-corrected chi connectivity index (χ1v) is 6.75. The van der Waals surface area contributed by atoms with Gasteiger partial charge in [0.2, 0.25) is 0 Å². The van der Waals surface area contributed by atoms with E-state index < -0.39 is 16.4 Å². The van der Waals surface area contributed by atoms with Gasteiger partial charge in [0, 0.05) is 12.0 Å². The van der Waals surface area contributed by atoms with E-state index in [9.17, 15) is 20.3 Å². The van der Waals surface area contributed by atoms with Crippen LogP contribution in [0.25, 0.3) is 0 Å². The van der Waals surface area contributed by atoms with Crippen molar-refractivity contribution in [2.45, 2.75) is 31.5 Å². The summed E-state index contributed by atoms with van der Waals surface area (Å²) < 4.78 is 0. The van der Waals surface area contributed by atoms with Crippen molar-refractivity contribution in [3.63, 3.8) is 0 Å². The average Bonchev–Trinajstić information content (AvgIpc) is 2.68. The molecule has 20 heavy (non-hydrogen) atoms. The van der Waals surface area contributed by atoms with Gasteiger partial charge in [0.25, 0.3) is 5.79 Å². The number of benzene rings is 1. The van der Waals surface area contributed by atoms with Gasteiger partial charge in [-0.05, 0) is 19.3 Å². The van der Waals surface area contributed by atoms with Gasteiger partial charge in [-0.25, -0.2) is 0 Å². The zero-order chi connectivity index (χ0) is 14.6. The lowest BCUT2D eigenvalue weighted by atomic mass is 10.00. The predicted molar refractivity (Wildman–Crippen MR) is 71.8 cm³/mol. The van der Waals surface area contributed by atoms with Gasteiger partial charge in [0.1, 0.15) is 0 Å². The van der Waals surface area contributed by atoms with Gasteiger partial charge < -0.3 is 15.5 Å². The van der Waals surface area contributed by atoms with E-state index in [0.717, 1.165) is 25.8 Å². The second kappa shape index (κ2) is 6.13. The molecule has 108 valence electrons. The summed E-state index contributed by atoms with van der Waals surface area (Å²) in [5, 5.41) is 33.7. The number of rotatable bonds is 3. The minimum Gasteiger partial charge on any atom is -0.353 e. The fourth-order valence-electron chi connectivity index (χ4n) is 2.51. The third-order valence-corrected chi connectivity index (χ3v) is 3.53. The molecule has 1 aromatic rings. The monoisotopic (exact) mass is 279 g/mol. The van der Waals surface area contributed by atoms with Crippen LogP contribution in [0.15, 0.2) is 41.7 Å². The lowest BCUT2D eigenvalue weighted by Gasteiger charge is -2.19. The van der Waals surface area contributed by atoms with Crippen LogP contribution >= 0.6 is 0 Å². The molecule has 0 atom stereocenters. The fourth-order valence-corrected chi connectivity index (χ4v) is 2.51. The zero-order valence-corrected chi connectivity index (χ0v) is 11.2.